The summed E-state index contributed by atoms with van der Waals surface area (Å²) in [5, 5.41) is 0. The van der Waals surface area contributed by atoms with E-state index in [1.54, 1.807) is 7.11 Å². The number of benzene rings is 1. The molecule has 0 spiro atoms. The van der Waals surface area contributed by atoms with E-state index < -0.39 is 0 Å². The molecule has 0 saturated carbocycles. The molecule has 0 amide bonds. The molecule has 0 fully saturated rings. The molecule has 2 N–H and O–H groups in total. The third kappa shape index (κ3) is 2.99. The standard InChI is InChI=1S/C14H21NO2/c1-10(7-8-16-2)17-12-4-5-13-11(9-12)3-6-14(13)15/h4-5,9-10,14H,3,6-8,15H2,1-2H3/t10?,14-/m0/s1. The van der Waals surface area contributed by atoms with Gasteiger partial charge in [0.05, 0.1) is 6.10 Å². The van der Waals surface area contributed by atoms with Gasteiger partial charge in [0.1, 0.15) is 5.75 Å². The number of ether oxygens (including phenoxy) is 2. The van der Waals surface area contributed by atoms with Crippen LogP contribution in [0.4, 0.5) is 0 Å². The maximum atomic E-state index is 6.01. The highest BCUT2D eigenvalue weighted by atomic mass is 16.5. The Hall–Kier alpha value is -1.06. The molecule has 3 nitrogen and oxygen atoms in total. The fourth-order valence-electron chi connectivity index (χ4n) is 2.28. The Balaban J connectivity index is 1.98. The highest BCUT2D eigenvalue weighted by Crippen LogP contribution is 2.32. The SMILES string of the molecule is COCCC(C)Oc1ccc2c(c1)CC[C@@H]2N. The fourth-order valence-corrected chi connectivity index (χ4v) is 2.28. The van der Waals surface area contributed by atoms with Crippen LogP contribution in [0.25, 0.3) is 0 Å². The zero-order valence-electron chi connectivity index (χ0n) is 10.6. The third-order valence-corrected chi connectivity index (χ3v) is 3.30. The third-order valence-electron chi connectivity index (χ3n) is 3.30. The van der Waals surface area contributed by atoms with E-state index in [4.69, 9.17) is 15.2 Å². The second-order valence-electron chi connectivity index (χ2n) is 4.72. The summed E-state index contributed by atoms with van der Waals surface area (Å²) in [6, 6.07) is 6.47. The van der Waals surface area contributed by atoms with Gasteiger partial charge in [-0.25, -0.2) is 0 Å². The molecule has 2 rings (SSSR count). The number of nitrogens with two attached hydrogens (primary N) is 1. The van der Waals surface area contributed by atoms with Crippen molar-refractivity contribution in [2.24, 2.45) is 5.73 Å². The summed E-state index contributed by atoms with van der Waals surface area (Å²) in [7, 11) is 1.71. The maximum Gasteiger partial charge on any atom is 0.119 e. The highest BCUT2D eigenvalue weighted by Gasteiger charge is 2.19. The van der Waals surface area contributed by atoms with Crippen molar-refractivity contribution in [3.05, 3.63) is 29.3 Å². The highest BCUT2D eigenvalue weighted by molar-refractivity contribution is 5.40. The first-order valence-corrected chi connectivity index (χ1v) is 6.24. The van der Waals surface area contributed by atoms with Gasteiger partial charge in [0.25, 0.3) is 0 Å². The second-order valence-corrected chi connectivity index (χ2v) is 4.72. The van der Waals surface area contributed by atoms with Crippen LogP contribution < -0.4 is 10.5 Å². The number of rotatable bonds is 5. The average molecular weight is 235 g/mol. The molecule has 0 saturated heterocycles. The van der Waals surface area contributed by atoms with Crippen molar-refractivity contribution >= 4 is 0 Å². The number of fused-ring (bicyclic) bond motifs is 1. The summed E-state index contributed by atoms with van der Waals surface area (Å²) in [6.07, 6.45) is 3.22. The molecule has 1 aliphatic carbocycles. The molecule has 17 heavy (non-hydrogen) atoms. The minimum absolute atomic E-state index is 0.183. The molecule has 3 heteroatoms. The quantitative estimate of drug-likeness (QED) is 0.852. The van der Waals surface area contributed by atoms with E-state index in [9.17, 15) is 0 Å². The lowest BCUT2D eigenvalue weighted by Crippen LogP contribution is -2.14. The van der Waals surface area contributed by atoms with Crippen LogP contribution in [-0.4, -0.2) is 19.8 Å². The minimum atomic E-state index is 0.183. The number of methoxy groups -OCH3 is 1. The largest absolute Gasteiger partial charge is 0.491 e. The first-order valence-electron chi connectivity index (χ1n) is 6.24. The Bertz CT molecular complexity index is 378. The van der Waals surface area contributed by atoms with Crippen molar-refractivity contribution in [3.63, 3.8) is 0 Å². The summed E-state index contributed by atoms with van der Waals surface area (Å²) in [6.45, 7) is 2.80. The van der Waals surface area contributed by atoms with Crippen molar-refractivity contribution in [3.8, 4) is 5.75 Å². The monoisotopic (exact) mass is 235 g/mol. The van der Waals surface area contributed by atoms with Crippen molar-refractivity contribution in [2.45, 2.75) is 38.3 Å². The van der Waals surface area contributed by atoms with Crippen LogP contribution in [0.5, 0.6) is 5.75 Å². The lowest BCUT2D eigenvalue weighted by Gasteiger charge is -2.15. The number of hydrogen-bond acceptors (Lipinski definition) is 3. The molecule has 0 radical (unpaired) electrons. The van der Waals surface area contributed by atoms with Gasteiger partial charge < -0.3 is 15.2 Å². The van der Waals surface area contributed by atoms with E-state index in [2.05, 4.69) is 19.1 Å². The molecule has 1 unspecified atom stereocenters. The van der Waals surface area contributed by atoms with E-state index in [1.165, 1.54) is 11.1 Å². The number of aryl methyl sites for hydroxylation is 1. The Morgan fingerprint density at radius 3 is 3.06 bits per heavy atom. The van der Waals surface area contributed by atoms with E-state index in [1.807, 2.05) is 6.07 Å². The lowest BCUT2D eigenvalue weighted by molar-refractivity contribution is 0.135. The smallest absolute Gasteiger partial charge is 0.119 e. The topological polar surface area (TPSA) is 44.5 Å². The van der Waals surface area contributed by atoms with Gasteiger partial charge in [-0.15, -0.1) is 0 Å². The molecule has 0 aromatic heterocycles. The van der Waals surface area contributed by atoms with Gasteiger partial charge in [-0.1, -0.05) is 6.07 Å². The molecular formula is C14H21NO2. The molecule has 0 bridgehead atoms. The van der Waals surface area contributed by atoms with Crippen LogP contribution in [-0.2, 0) is 11.2 Å². The zero-order chi connectivity index (χ0) is 12.3. The predicted molar refractivity (Wildman–Crippen MR) is 68.3 cm³/mol. The molecule has 1 aliphatic rings. The predicted octanol–water partition coefficient (Wildman–Crippen LogP) is 2.44. The maximum absolute atomic E-state index is 6.01. The van der Waals surface area contributed by atoms with Crippen molar-refractivity contribution in [1.82, 2.24) is 0 Å². The summed E-state index contributed by atoms with van der Waals surface area (Å²) in [5.41, 5.74) is 8.63. The first kappa shape index (κ1) is 12.4. The molecule has 0 heterocycles. The first-order chi connectivity index (χ1) is 8.20. The van der Waals surface area contributed by atoms with Crippen LogP contribution in [0, 0.1) is 0 Å². The van der Waals surface area contributed by atoms with Gasteiger partial charge in [0.2, 0.25) is 0 Å². The Morgan fingerprint density at radius 1 is 1.47 bits per heavy atom. The van der Waals surface area contributed by atoms with Crippen LogP contribution in [0.2, 0.25) is 0 Å². The second kappa shape index (κ2) is 5.52. The van der Waals surface area contributed by atoms with E-state index in [0.717, 1.165) is 31.6 Å². The van der Waals surface area contributed by atoms with Crippen molar-refractivity contribution < 1.29 is 9.47 Å². The summed E-state index contributed by atoms with van der Waals surface area (Å²) in [5.74, 6) is 0.946. The van der Waals surface area contributed by atoms with E-state index in [0.29, 0.717) is 0 Å². The molecule has 2 atom stereocenters. The summed E-state index contributed by atoms with van der Waals surface area (Å²) < 4.78 is 10.9. The molecular weight excluding hydrogens is 214 g/mol. The van der Waals surface area contributed by atoms with Crippen LogP contribution >= 0.6 is 0 Å². The molecule has 94 valence electrons. The van der Waals surface area contributed by atoms with E-state index in [-0.39, 0.29) is 12.1 Å². The normalized spacial score (nSPS) is 20.1. The lowest BCUT2D eigenvalue weighted by atomic mass is 10.1. The van der Waals surface area contributed by atoms with Gasteiger partial charge in [-0.3, -0.25) is 0 Å². The van der Waals surface area contributed by atoms with E-state index >= 15 is 0 Å². The van der Waals surface area contributed by atoms with Gasteiger partial charge in [-0.05, 0) is 43.0 Å². The van der Waals surface area contributed by atoms with Crippen LogP contribution in [0.1, 0.15) is 36.9 Å². The Kier molecular flexibility index (Phi) is 4.02. The van der Waals surface area contributed by atoms with Crippen molar-refractivity contribution in [2.75, 3.05) is 13.7 Å². The summed E-state index contributed by atoms with van der Waals surface area (Å²) in [4.78, 5) is 0. The van der Waals surface area contributed by atoms with Gasteiger partial charge >= 0.3 is 0 Å². The summed E-state index contributed by atoms with van der Waals surface area (Å²) >= 11 is 0. The van der Waals surface area contributed by atoms with Crippen molar-refractivity contribution in [1.29, 1.82) is 0 Å². The molecule has 1 aromatic rings. The molecule has 1 aromatic carbocycles. The van der Waals surface area contributed by atoms with Crippen LogP contribution in [0.3, 0.4) is 0 Å². The Morgan fingerprint density at radius 2 is 2.29 bits per heavy atom. The fraction of sp³-hybridized carbons (Fsp3) is 0.571. The average Bonchev–Trinajstić information content (AvgIpc) is 2.68. The zero-order valence-corrected chi connectivity index (χ0v) is 10.6. The van der Waals surface area contributed by atoms with Gasteiger partial charge in [0, 0.05) is 26.2 Å². The van der Waals surface area contributed by atoms with Gasteiger partial charge in [-0.2, -0.15) is 0 Å². The van der Waals surface area contributed by atoms with Gasteiger partial charge in [0.15, 0.2) is 0 Å². The number of hydrogen-bond donors (Lipinski definition) is 1. The molecule has 0 aliphatic heterocycles. The van der Waals surface area contributed by atoms with Crippen LogP contribution in [0.15, 0.2) is 18.2 Å². The Labute approximate surface area is 103 Å². The minimum Gasteiger partial charge on any atom is -0.491 e.